The van der Waals surface area contributed by atoms with Gasteiger partial charge in [0.25, 0.3) is 0 Å². The van der Waals surface area contributed by atoms with E-state index in [0.29, 0.717) is 0 Å². The summed E-state index contributed by atoms with van der Waals surface area (Å²) in [5, 5.41) is 0.778. The van der Waals surface area contributed by atoms with Crippen molar-refractivity contribution in [2.24, 2.45) is 0 Å². The van der Waals surface area contributed by atoms with Gasteiger partial charge in [0.05, 0.1) is 0 Å². The van der Waals surface area contributed by atoms with E-state index < -0.39 is 0 Å². The van der Waals surface area contributed by atoms with Crippen molar-refractivity contribution < 1.29 is 0 Å². The summed E-state index contributed by atoms with van der Waals surface area (Å²) >= 11 is 9.30. The fraction of sp³-hybridized carbons (Fsp3) is 0.143. The van der Waals surface area contributed by atoms with E-state index in [2.05, 4.69) is 52.1 Å². The molecule has 0 bridgehead atoms. The summed E-state index contributed by atoms with van der Waals surface area (Å²) in [5.41, 5.74) is 2.45. The molecule has 0 fully saturated rings. The summed E-state index contributed by atoms with van der Waals surface area (Å²) in [7, 11) is 2.08. The lowest BCUT2D eigenvalue weighted by atomic mass is 10.2. The minimum Gasteiger partial charge on any atom is -0.370 e. The first-order valence-corrected chi connectivity index (χ1v) is 6.53. The highest BCUT2D eigenvalue weighted by Crippen LogP contribution is 2.19. The van der Waals surface area contributed by atoms with Gasteiger partial charge in [-0.1, -0.05) is 39.7 Å². The zero-order valence-electron chi connectivity index (χ0n) is 9.53. The van der Waals surface area contributed by atoms with Gasteiger partial charge in [0.1, 0.15) is 0 Å². The molecular weight excluding hydrogens is 298 g/mol. The van der Waals surface area contributed by atoms with Gasteiger partial charge < -0.3 is 4.90 Å². The fourth-order valence-electron chi connectivity index (χ4n) is 1.65. The van der Waals surface area contributed by atoms with Crippen LogP contribution in [-0.2, 0) is 6.54 Å². The number of anilines is 1. The Hall–Kier alpha value is -0.990. The molecule has 0 saturated carbocycles. The number of hydrogen-bond donors (Lipinski definition) is 0. The first kappa shape index (κ1) is 12.5. The molecule has 0 aliphatic heterocycles. The van der Waals surface area contributed by atoms with Crippen LogP contribution < -0.4 is 4.90 Å². The maximum Gasteiger partial charge on any atom is 0.0426 e. The first-order valence-electron chi connectivity index (χ1n) is 5.36. The highest BCUT2D eigenvalue weighted by Gasteiger charge is 2.01. The zero-order chi connectivity index (χ0) is 12.3. The van der Waals surface area contributed by atoms with Crippen LogP contribution in [0.15, 0.2) is 53.0 Å². The van der Waals surface area contributed by atoms with Crippen molar-refractivity contribution in [2.45, 2.75) is 6.54 Å². The summed E-state index contributed by atoms with van der Waals surface area (Å²) in [6.45, 7) is 0.874. The standard InChI is InChI=1S/C14H13BrClN/c1-17(14-8-4-12(15)5-9-14)10-11-2-6-13(16)7-3-11/h2-9H,10H2,1H3. The fourth-order valence-corrected chi connectivity index (χ4v) is 2.04. The Labute approximate surface area is 115 Å². The summed E-state index contributed by atoms with van der Waals surface area (Å²) in [5.74, 6) is 0. The van der Waals surface area contributed by atoms with Gasteiger partial charge in [-0.15, -0.1) is 0 Å². The molecule has 0 atom stereocenters. The summed E-state index contributed by atoms with van der Waals surface area (Å²) in [6, 6.07) is 16.2. The predicted octanol–water partition coefficient (Wildman–Crippen LogP) is 4.74. The molecule has 2 aromatic carbocycles. The van der Waals surface area contributed by atoms with Crippen molar-refractivity contribution in [2.75, 3.05) is 11.9 Å². The average Bonchev–Trinajstić information content (AvgIpc) is 2.33. The summed E-state index contributed by atoms with van der Waals surface area (Å²) < 4.78 is 1.10. The number of hydrogen-bond acceptors (Lipinski definition) is 1. The Kier molecular flexibility index (Phi) is 4.08. The quantitative estimate of drug-likeness (QED) is 0.791. The maximum absolute atomic E-state index is 5.86. The normalized spacial score (nSPS) is 10.3. The number of rotatable bonds is 3. The van der Waals surface area contributed by atoms with Crippen LogP contribution in [0, 0.1) is 0 Å². The molecule has 0 saturated heterocycles. The molecule has 0 unspecified atom stereocenters. The second-order valence-corrected chi connectivity index (χ2v) is 5.31. The van der Waals surface area contributed by atoms with E-state index in [1.165, 1.54) is 11.3 Å². The summed E-state index contributed by atoms with van der Waals surface area (Å²) in [6.07, 6.45) is 0. The van der Waals surface area contributed by atoms with E-state index in [9.17, 15) is 0 Å². The number of benzene rings is 2. The van der Waals surface area contributed by atoms with Crippen molar-refractivity contribution >= 4 is 33.2 Å². The Balaban J connectivity index is 2.08. The van der Waals surface area contributed by atoms with Crippen molar-refractivity contribution in [3.05, 3.63) is 63.6 Å². The SMILES string of the molecule is CN(Cc1ccc(Cl)cc1)c1ccc(Br)cc1. The van der Waals surface area contributed by atoms with Crippen molar-refractivity contribution in [3.8, 4) is 0 Å². The molecule has 0 spiro atoms. The second kappa shape index (κ2) is 5.56. The van der Waals surface area contributed by atoms with E-state index >= 15 is 0 Å². The highest BCUT2D eigenvalue weighted by atomic mass is 79.9. The third-order valence-electron chi connectivity index (χ3n) is 2.60. The molecule has 2 aromatic rings. The van der Waals surface area contributed by atoms with Gasteiger partial charge in [0.15, 0.2) is 0 Å². The molecule has 0 aromatic heterocycles. The first-order chi connectivity index (χ1) is 8.15. The van der Waals surface area contributed by atoms with Crippen LogP contribution in [0.3, 0.4) is 0 Å². The van der Waals surface area contributed by atoms with Crippen LogP contribution in [-0.4, -0.2) is 7.05 Å². The Bertz CT molecular complexity index is 479. The van der Waals surface area contributed by atoms with E-state index in [1.807, 2.05) is 24.3 Å². The molecule has 2 rings (SSSR count). The molecule has 0 aliphatic carbocycles. The monoisotopic (exact) mass is 309 g/mol. The molecule has 1 nitrogen and oxygen atoms in total. The molecule has 3 heteroatoms. The number of halogens is 2. The Morgan fingerprint density at radius 3 is 2.18 bits per heavy atom. The number of nitrogens with zero attached hydrogens (tertiary/aromatic N) is 1. The minimum absolute atomic E-state index is 0.778. The smallest absolute Gasteiger partial charge is 0.0426 e. The average molecular weight is 311 g/mol. The largest absolute Gasteiger partial charge is 0.370 e. The van der Waals surface area contributed by atoms with Crippen LogP contribution in [0.25, 0.3) is 0 Å². The van der Waals surface area contributed by atoms with Crippen molar-refractivity contribution in [1.29, 1.82) is 0 Å². The summed E-state index contributed by atoms with van der Waals surface area (Å²) in [4.78, 5) is 2.20. The van der Waals surface area contributed by atoms with Gasteiger partial charge in [-0.25, -0.2) is 0 Å². The molecule has 88 valence electrons. The lowest BCUT2D eigenvalue weighted by molar-refractivity contribution is 0.923. The van der Waals surface area contributed by atoms with Crippen LogP contribution in [0.2, 0.25) is 5.02 Å². The van der Waals surface area contributed by atoms with E-state index in [0.717, 1.165) is 16.0 Å². The van der Waals surface area contributed by atoms with Crippen molar-refractivity contribution in [3.63, 3.8) is 0 Å². The highest BCUT2D eigenvalue weighted by molar-refractivity contribution is 9.10. The molecule has 0 N–H and O–H groups in total. The lowest BCUT2D eigenvalue weighted by Gasteiger charge is -2.19. The van der Waals surface area contributed by atoms with E-state index in [1.54, 1.807) is 0 Å². The molecule has 0 aliphatic rings. The molecular formula is C14H13BrClN. The predicted molar refractivity (Wildman–Crippen MR) is 77.7 cm³/mol. The van der Waals surface area contributed by atoms with Crippen LogP contribution >= 0.6 is 27.5 Å². The Morgan fingerprint density at radius 2 is 1.59 bits per heavy atom. The van der Waals surface area contributed by atoms with E-state index in [4.69, 9.17) is 11.6 Å². The Morgan fingerprint density at radius 1 is 1.00 bits per heavy atom. The minimum atomic E-state index is 0.778. The van der Waals surface area contributed by atoms with Crippen LogP contribution in [0.1, 0.15) is 5.56 Å². The van der Waals surface area contributed by atoms with Gasteiger partial charge in [-0.2, -0.15) is 0 Å². The molecule has 17 heavy (non-hydrogen) atoms. The van der Waals surface area contributed by atoms with Crippen LogP contribution in [0.4, 0.5) is 5.69 Å². The maximum atomic E-state index is 5.86. The lowest BCUT2D eigenvalue weighted by Crippen LogP contribution is -2.15. The third kappa shape index (κ3) is 3.48. The zero-order valence-corrected chi connectivity index (χ0v) is 11.9. The van der Waals surface area contributed by atoms with Crippen LogP contribution in [0.5, 0.6) is 0 Å². The third-order valence-corrected chi connectivity index (χ3v) is 3.38. The van der Waals surface area contributed by atoms with Crippen molar-refractivity contribution in [1.82, 2.24) is 0 Å². The molecule has 0 heterocycles. The molecule has 0 amide bonds. The van der Waals surface area contributed by atoms with Gasteiger partial charge >= 0.3 is 0 Å². The van der Waals surface area contributed by atoms with Gasteiger partial charge in [-0.05, 0) is 42.0 Å². The van der Waals surface area contributed by atoms with Gasteiger partial charge in [-0.3, -0.25) is 0 Å². The molecule has 0 radical (unpaired) electrons. The van der Waals surface area contributed by atoms with E-state index in [-0.39, 0.29) is 0 Å². The second-order valence-electron chi connectivity index (χ2n) is 3.96. The topological polar surface area (TPSA) is 3.24 Å². The van der Waals surface area contributed by atoms with Gasteiger partial charge in [0.2, 0.25) is 0 Å². The van der Waals surface area contributed by atoms with Gasteiger partial charge in [0, 0.05) is 28.8 Å².